The smallest absolute Gasteiger partial charge is 0.326 e. The monoisotopic (exact) mass is 239 g/mol. The lowest BCUT2D eigenvalue weighted by molar-refractivity contribution is -0.153. The van der Waals surface area contributed by atoms with E-state index < -0.39 is 18.1 Å². The second-order valence-electron chi connectivity index (χ2n) is 5.59. The number of piperidine rings is 1. The first-order valence-corrected chi connectivity index (χ1v) is 6.31. The third-order valence-corrected chi connectivity index (χ3v) is 4.18. The number of carbonyl (C=O) groups is 2. The molecule has 2 aliphatic carbocycles. The van der Waals surface area contributed by atoms with Gasteiger partial charge in [-0.25, -0.2) is 4.79 Å². The summed E-state index contributed by atoms with van der Waals surface area (Å²) in [4.78, 5) is 24.6. The molecule has 0 spiro atoms. The quantitative estimate of drug-likeness (QED) is 0.735. The molecular formula is C12H17NO4. The second kappa shape index (κ2) is 3.70. The third kappa shape index (κ3) is 1.92. The molecule has 5 nitrogen and oxygen atoms in total. The Kier molecular flexibility index (Phi) is 2.40. The maximum Gasteiger partial charge on any atom is 0.326 e. The van der Waals surface area contributed by atoms with Gasteiger partial charge in [0, 0.05) is 6.04 Å². The predicted molar refractivity (Wildman–Crippen MR) is 58.1 cm³/mol. The molecule has 0 aromatic rings. The molecule has 0 aromatic heterocycles. The van der Waals surface area contributed by atoms with Crippen molar-refractivity contribution in [3.63, 3.8) is 0 Å². The minimum atomic E-state index is -0.997. The number of carbonyl (C=O) groups excluding carboxylic acids is 1. The molecule has 2 N–H and O–H groups in total. The van der Waals surface area contributed by atoms with E-state index in [1.54, 1.807) is 0 Å². The van der Waals surface area contributed by atoms with E-state index in [1.807, 2.05) is 0 Å². The highest BCUT2D eigenvalue weighted by molar-refractivity contribution is 5.87. The fourth-order valence-electron chi connectivity index (χ4n) is 2.94. The number of aliphatic hydroxyl groups is 1. The summed E-state index contributed by atoms with van der Waals surface area (Å²) in [5, 5.41) is 18.9. The molecule has 1 heterocycles. The Bertz CT molecular complexity index is 366. The van der Waals surface area contributed by atoms with Gasteiger partial charge in [-0.2, -0.15) is 0 Å². The molecule has 2 saturated carbocycles. The summed E-state index contributed by atoms with van der Waals surface area (Å²) in [6.07, 6.45) is 3.13. The molecule has 3 rings (SSSR count). The molecule has 5 heteroatoms. The van der Waals surface area contributed by atoms with Crippen LogP contribution < -0.4 is 0 Å². The molecule has 3 fully saturated rings. The zero-order valence-electron chi connectivity index (χ0n) is 9.58. The topological polar surface area (TPSA) is 77.8 Å². The van der Waals surface area contributed by atoms with Crippen LogP contribution in [-0.4, -0.2) is 45.2 Å². The Balaban J connectivity index is 1.68. The Morgan fingerprint density at radius 3 is 2.59 bits per heavy atom. The number of hydrogen-bond donors (Lipinski definition) is 2. The highest BCUT2D eigenvalue weighted by Crippen LogP contribution is 2.48. The van der Waals surface area contributed by atoms with Crippen LogP contribution in [0.25, 0.3) is 0 Å². The number of hydrogen-bond acceptors (Lipinski definition) is 3. The van der Waals surface area contributed by atoms with Crippen LogP contribution in [0.5, 0.6) is 0 Å². The standard InChI is InChI=1S/C12H17NO4/c14-10(3-6-1-2-6)11(15)13-8-4-7(8)5-9(13)12(16)17/h6-10,14H,1-5H2,(H,16,17)/t7-,8-,9-,10+/m0/s1. The van der Waals surface area contributed by atoms with E-state index >= 15 is 0 Å². The van der Waals surface area contributed by atoms with Crippen LogP contribution in [0.3, 0.4) is 0 Å². The van der Waals surface area contributed by atoms with Crippen molar-refractivity contribution in [3.05, 3.63) is 0 Å². The SMILES string of the molecule is O=C(O)[C@@H]1C[C@@H]2C[C@@H]2N1C(=O)[C@H](O)CC1CC1. The number of carboxylic acids is 1. The van der Waals surface area contributed by atoms with Crippen molar-refractivity contribution in [3.8, 4) is 0 Å². The van der Waals surface area contributed by atoms with E-state index in [9.17, 15) is 14.7 Å². The van der Waals surface area contributed by atoms with Crippen LogP contribution in [0.2, 0.25) is 0 Å². The second-order valence-corrected chi connectivity index (χ2v) is 5.59. The van der Waals surface area contributed by atoms with Gasteiger partial charge in [0.25, 0.3) is 5.91 Å². The van der Waals surface area contributed by atoms with Gasteiger partial charge >= 0.3 is 5.97 Å². The fraction of sp³-hybridized carbons (Fsp3) is 0.833. The Hall–Kier alpha value is -1.10. The van der Waals surface area contributed by atoms with Gasteiger partial charge in [0.15, 0.2) is 0 Å². The number of fused-ring (bicyclic) bond motifs is 1. The van der Waals surface area contributed by atoms with Crippen LogP contribution in [-0.2, 0) is 9.59 Å². The summed E-state index contributed by atoms with van der Waals surface area (Å²) in [5.41, 5.74) is 0. The van der Waals surface area contributed by atoms with E-state index in [2.05, 4.69) is 0 Å². The van der Waals surface area contributed by atoms with Crippen molar-refractivity contribution >= 4 is 11.9 Å². The van der Waals surface area contributed by atoms with E-state index in [1.165, 1.54) is 4.90 Å². The summed E-state index contributed by atoms with van der Waals surface area (Å²) < 4.78 is 0. The number of amides is 1. The minimum absolute atomic E-state index is 0.0810. The average Bonchev–Trinajstić information content (AvgIpc) is 3.18. The lowest BCUT2D eigenvalue weighted by atomic mass is 10.1. The first-order valence-electron chi connectivity index (χ1n) is 6.31. The zero-order valence-corrected chi connectivity index (χ0v) is 9.58. The molecular weight excluding hydrogens is 222 g/mol. The molecule has 0 aromatic carbocycles. The van der Waals surface area contributed by atoms with E-state index in [4.69, 9.17) is 5.11 Å². The van der Waals surface area contributed by atoms with Crippen LogP contribution in [0.15, 0.2) is 0 Å². The van der Waals surface area contributed by atoms with Crippen molar-refractivity contribution in [2.75, 3.05) is 0 Å². The lowest BCUT2D eigenvalue weighted by Crippen LogP contribution is -2.47. The molecule has 0 radical (unpaired) electrons. The minimum Gasteiger partial charge on any atom is -0.480 e. The molecule has 1 amide bonds. The normalized spacial score (nSPS) is 36.5. The van der Waals surface area contributed by atoms with E-state index in [0.29, 0.717) is 24.7 Å². The molecule has 0 unspecified atom stereocenters. The Labute approximate surface area is 99.4 Å². The third-order valence-electron chi connectivity index (χ3n) is 4.18. The summed E-state index contributed by atoms with van der Waals surface area (Å²) in [5.74, 6) is -0.485. The molecule has 17 heavy (non-hydrogen) atoms. The van der Waals surface area contributed by atoms with Crippen molar-refractivity contribution in [1.29, 1.82) is 0 Å². The highest BCUT2D eigenvalue weighted by atomic mass is 16.4. The Morgan fingerprint density at radius 2 is 2.00 bits per heavy atom. The lowest BCUT2D eigenvalue weighted by Gasteiger charge is -2.26. The number of likely N-dealkylation sites (tertiary alicyclic amines) is 1. The van der Waals surface area contributed by atoms with Crippen LogP contribution >= 0.6 is 0 Å². The Morgan fingerprint density at radius 1 is 1.29 bits per heavy atom. The van der Waals surface area contributed by atoms with Gasteiger partial charge in [-0.15, -0.1) is 0 Å². The van der Waals surface area contributed by atoms with E-state index in [-0.39, 0.29) is 11.9 Å². The van der Waals surface area contributed by atoms with Crippen molar-refractivity contribution in [2.45, 2.75) is 50.3 Å². The van der Waals surface area contributed by atoms with Gasteiger partial charge < -0.3 is 15.1 Å². The maximum absolute atomic E-state index is 12.1. The summed E-state index contributed by atoms with van der Waals surface area (Å²) >= 11 is 0. The van der Waals surface area contributed by atoms with Gasteiger partial charge in [-0.1, -0.05) is 12.8 Å². The van der Waals surface area contributed by atoms with E-state index in [0.717, 1.165) is 19.3 Å². The summed E-state index contributed by atoms with van der Waals surface area (Å²) in [7, 11) is 0. The number of aliphatic carboxylic acids is 1. The summed E-state index contributed by atoms with van der Waals surface area (Å²) in [6.45, 7) is 0. The predicted octanol–water partition coefficient (Wildman–Crippen LogP) is 0.221. The number of rotatable bonds is 4. The van der Waals surface area contributed by atoms with Crippen molar-refractivity contribution in [1.82, 2.24) is 4.90 Å². The largest absolute Gasteiger partial charge is 0.480 e. The van der Waals surface area contributed by atoms with Gasteiger partial charge in [0.05, 0.1) is 0 Å². The number of carboxylic acid groups (broad SMARTS) is 1. The van der Waals surface area contributed by atoms with Gasteiger partial charge in [-0.05, 0) is 31.1 Å². The molecule has 3 aliphatic rings. The number of nitrogens with zero attached hydrogens (tertiary/aromatic N) is 1. The number of aliphatic hydroxyl groups excluding tert-OH is 1. The first-order chi connectivity index (χ1) is 8.08. The van der Waals surface area contributed by atoms with Crippen LogP contribution in [0.4, 0.5) is 0 Å². The van der Waals surface area contributed by atoms with Crippen molar-refractivity contribution < 1.29 is 19.8 Å². The average molecular weight is 239 g/mol. The first kappa shape index (κ1) is 11.0. The maximum atomic E-state index is 12.1. The van der Waals surface area contributed by atoms with Gasteiger partial charge in [0.1, 0.15) is 12.1 Å². The zero-order chi connectivity index (χ0) is 12.2. The van der Waals surface area contributed by atoms with Gasteiger partial charge in [0.2, 0.25) is 0 Å². The molecule has 1 saturated heterocycles. The molecule has 0 bridgehead atoms. The molecule has 4 atom stereocenters. The highest BCUT2D eigenvalue weighted by Gasteiger charge is 2.57. The van der Waals surface area contributed by atoms with Gasteiger partial charge in [-0.3, -0.25) is 4.79 Å². The van der Waals surface area contributed by atoms with Crippen LogP contribution in [0.1, 0.15) is 32.1 Å². The fourth-order valence-corrected chi connectivity index (χ4v) is 2.94. The summed E-state index contributed by atoms with van der Waals surface area (Å²) in [6, 6.07) is -0.627. The van der Waals surface area contributed by atoms with Crippen molar-refractivity contribution in [2.24, 2.45) is 11.8 Å². The van der Waals surface area contributed by atoms with Crippen LogP contribution in [0, 0.1) is 11.8 Å². The molecule has 94 valence electrons. The molecule has 1 aliphatic heterocycles.